The zero-order valence-corrected chi connectivity index (χ0v) is 11.4. The molecule has 0 aliphatic heterocycles. The van der Waals surface area contributed by atoms with Gasteiger partial charge in [0.05, 0.1) is 6.04 Å². The van der Waals surface area contributed by atoms with Crippen molar-refractivity contribution in [3.63, 3.8) is 0 Å². The van der Waals surface area contributed by atoms with Crippen molar-refractivity contribution in [1.29, 1.82) is 0 Å². The first kappa shape index (κ1) is 12.5. The molecule has 4 nitrogen and oxygen atoms in total. The number of H-pyrrole nitrogens is 1. The van der Waals surface area contributed by atoms with Crippen molar-refractivity contribution in [3.8, 4) is 0 Å². The number of para-hydroxylation sites is 1. The van der Waals surface area contributed by atoms with E-state index in [9.17, 15) is 4.79 Å². The molecule has 1 amide bonds. The van der Waals surface area contributed by atoms with Gasteiger partial charge in [0.2, 0.25) is 0 Å². The molecule has 0 aliphatic rings. The Bertz CT molecular complexity index is 722. The first-order valence-electron chi connectivity index (χ1n) is 6.58. The molecule has 0 radical (unpaired) electrons. The summed E-state index contributed by atoms with van der Waals surface area (Å²) in [6, 6.07) is 13.3. The van der Waals surface area contributed by atoms with Crippen LogP contribution in [0.3, 0.4) is 0 Å². The van der Waals surface area contributed by atoms with E-state index < -0.39 is 0 Å². The Morgan fingerprint density at radius 3 is 2.75 bits per heavy atom. The van der Waals surface area contributed by atoms with Crippen LogP contribution >= 0.6 is 0 Å². The molecule has 0 spiro atoms. The van der Waals surface area contributed by atoms with Gasteiger partial charge in [-0.05, 0) is 38.1 Å². The van der Waals surface area contributed by atoms with Gasteiger partial charge in [0.25, 0.3) is 5.91 Å². The summed E-state index contributed by atoms with van der Waals surface area (Å²) < 4.78 is 5.52. The molecule has 3 rings (SSSR count). The summed E-state index contributed by atoms with van der Waals surface area (Å²) in [5.74, 6) is 1.46. The van der Waals surface area contributed by atoms with Crippen LogP contribution in [-0.4, -0.2) is 10.9 Å². The molecule has 1 atom stereocenters. The van der Waals surface area contributed by atoms with E-state index in [0.29, 0.717) is 5.69 Å². The van der Waals surface area contributed by atoms with Crippen LogP contribution in [0.15, 0.2) is 46.9 Å². The number of benzene rings is 1. The molecule has 20 heavy (non-hydrogen) atoms. The number of nitrogens with one attached hydrogen (secondary N) is 2. The largest absolute Gasteiger partial charge is 0.464 e. The molecule has 2 heterocycles. The lowest BCUT2D eigenvalue weighted by molar-refractivity contribution is 0.0931. The molecule has 102 valence electrons. The normalized spacial score (nSPS) is 12.5. The SMILES string of the molecule is Cc1ccc([C@H](C)NC(=O)c2cc3ccccc3[nH]2)o1. The third-order valence-electron chi connectivity index (χ3n) is 3.31. The number of rotatable bonds is 3. The van der Waals surface area contributed by atoms with E-state index in [-0.39, 0.29) is 11.9 Å². The Balaban J connectivity index is 1.78. The van der Waals surface area contributed by atoms with Crippen LogP contribution in [0.5, 0.6) is 0 Å². The summed E-state index contributed by atoms with van der Waals surface area (Å²) in [5, 5.41) is 3.95. The Morgan fingerprint density at radius 2 is 2.05 bits per heavy atom. The molecule has 1 aromatic carbocycles. The number of carbonyl (C=O) groups is 1. The van der Waals surface area contributed by atoms with Crippen LogP contribution in [0.4, 0.5) is 0 Å². The maximum Gasteiger partial charge on any atom is 0.268 e. The van der Waals surface area contributed by atoms with E-state index in [4.69, 9.17) is 4.42 Å². The van der Waals surface area contributed by atoms with Gasteiger partial charge in [0, 0.05) is 10.9 Å². The van der Waals surface area contributed by atoms with E-state index in [1.165, 1.54) is 0 Å². The number of aromatic nitrogens is 1. The van der Waals surface area contributed by atoms with Gasteiger partial charge in [-0.1, -0.05) is 18.2 Å². The summed E-state index contributed by atoms with van der Waals surface area (Å²) in [7, 11) is 0. The molecule has 4 heteroatoms. The number of aromatic amines is 1. The Kier molecular flexibility index (Phi) is 3.06. The molecular formula is C16H16N2O2. The number of fused-ring (bicyclic) bond motifs is 1. The highest BCUT2D eigenvalue weighted by molar-refractivity contribution is 5.98. The molecule has 2 aromatic heterocycles. The Morgan fingerprint density at radius 1 is 1.25 bits per heavy atom. The van der Waals surface area contributed by atoms with E-state index in [2.05, 4.69) is 10.3 Å². The van der Waals surface area contributed by atoms with Crippen molar-refractivity contribution < 1.29 is 9.21 Å². The lowest BCUT2D eigenvalue weighted by atomic mass is 10.2. The Labute approximate surface area is 116 Å². The summed E-state index contributed by atoms with van der Waals surface area (Å²) >= 11 is 0. The predicted octanol–water partition coefficient (Wildman–Crippen LogP) is 3.56. The van der Waals surface area contributed by atoms with Gasteiger partial charge in [-0.25, -0.2) is 0 Å². The molecule has 0 bridgehead atoms. The molecule has 0 saturated heterocycles. The fraction of sp³-hybridized carbons (Fsp3) is 0.188. The average Bonchev–Trinajstić information content (AvgIpc) is 3.04. The maximum absolute atomic E-state index is 12.2. The molecule has 0 fully saturated rings. The van der Waals surface area contributed by atoms with Crippen LogP contribution in [0, 0.1) is 6.92 Å². The quantitative estimate of drug-likeness (QED) is 0.763. The molecule has 0 aliphatic carbocycles. The smallest absolute Gasteiger partial charge is 0.268 e. The first-order chi connectivity index (χ1) is 9.63. The zero-order valence-electron chi connectivity index (χ0n) is 11.4. The molecular weight excluding hydrogens is 252 g/mol. The first-order valence-corrected chi connectivity index (χ1v) is 6.58. The highest BCUT2D eigenvalue weighted by atomic mass is 16.3. The summed E-state index contributed by atoms with van der Waals surface area (Å²) in [6.07, 6.45) is 0. The van der Waals surface area contributed by atoms with E-state index in [1.54, 1.807) is 0 Å². The van der Waals surface area contributed by atoms with E-state index >= 15 is 0 Å². The molecule has 0 saturated carbocycles. The second-order valence-electron chi connectivity index (χ2n) is 4.91. The third-order valence-corrected chi connectivity index (χ3v) is 3.31. The van der Waals surface area contributed by atoms with Gasteiger partial charge in [0.15, 0.2) is 0 Å². The minimum absolute atomic E-state index is 0.136. The van der Waals surface area contributed by atoms with Gasteiger partial charge >= 0.3 is 0 Å². The van der Waals surface area contributed by atoms with E-state index in [0.717, 1.165) is 22.4 Å². The molecule has 3 aromatic rings. The van der Waals surface area contributed by atoms with Crippen molar-refractivity contribution in [2.75, 3.05) is 0 Å². The fourth-order valence-corrected chi connectivity index (χ4v) is 2.23. The Hall–Kier alpha value is -2.49. The number of carbonyl (C=O) groups excluding carboxylic acids is 1. The fourth-order valence-electron chi connectivity index (χ4n) is 2.23. The van der Waals surface area contributed by atoms with Crippen LogP contribution in [-0.2, 0) is 0 Å². The van der Waals surface area contributed by atoms with Gasteiger partial charge in [-0.2, -0.15) is 0 Å². The number of amides is 1. The van der Waals surface area contributed by atoms with Crippen molar-refractivity contribution in [2.45, 2.75) is 19.9 Å². The number of aryl methyl sites for hydroxylation is 1. The van der Waals surface area contributed by atoms with Crippen molar-refractivity contribution >= 4 is 16.8 Å². The summed E-state index contributed by atoms with van der Waals surface area (Å²) in [4.78, 5) is 15.3. The monoisotopic (exact) mass is 268 g/mol. The second-order valence-corrected chi connectivity index (χ2v) is 4.91. The minimum Gasteiger partial charge on any atom is -0.464 e. The van der Waals surface area contributed by atoms with Gasteiger partial charge < -0.3 is 14.7 Å². The topological polar surface area (TPSA) is 58.0 Å². The van der Waals surface area contributed by atoms with Crippen LogP contribution in [0.1, 0.15) is 35.0 Å². The molecule has 0 unspecified atom stereocenters. The predicted molar refractivity (Wildman–Crippen MR) is 77.6 cm³/mol. The standard InChI is InChI=1S/C16H16N2O2/c1-10-7-8-15(20-10)11(2)17-16(19)14-9-12-5-3-4-6-13(12)18-14/h3-9,11,18H,1-2H3,(H,17,19)/t11-/m0/s1. The maximum atomic E-state index is 12.2. The highest BCUT2D eigenvalue weighted by Gasteiger charge is 2.15. The number of hydrogen-bond donors (Lipinski definition) is 2. The summed E-state index contributed by atoms with van der Waals surface area (Å²) in [5.41, 5.74) is 1.51. The van der Waals surface area contributed by atoms with Crippen molar-refractivity contribution in [3.05, 3.63) is 59.7 Å². The lowest BCUT2D eigenvalue weighted by Crippen LogP contribution is -2.26. The lowest BCUT2D eigenvalue weighted by Gasteiger charge is -2.10. The highest BCUT2D eigenvalue weighted by Crippen LogP contribution is 2.18. The third kappa shape index (κ3) is 2.32. The van der Waals surface area contributed by atoms with Crippen LogP contribution < -0.4 is 5.32 Å². The van der Waals surface area contributed by atoms with Gasteiger partial charge in [-0.3, -0.25) is 4.79 Å². The van der Waals surface area contributed by atoms with E-state index in [1.807, 2.05) is 56.3 Å². The second kappa shape index (κ2) is 4.89. The zero-order chi connectivity index (χ0) is 14.1. The van der Waals surface area contributed by atoms with Crippen molar-refractivity contribution in [2.24, 2.45) is 0 Å². The average molecular weight is 268 g/mol. The number of furan rings is 1. The van der Waals surface area contributed by atoms with Gasteiger partial charge in [0.1, 0.15) is 17.2 Å². The van der Waals surface area contributed by atoms with Crippen LogP contribution in [0.25, 0.3) is 10.9 Å². The van der Waals surface area contributed by atoms with Crippen LogP contribution in [0.2, 0.25) is 0 Å². The minimum atomic E-state index is -0.164. The number of hydrogen-bond acceptors (Lipinski definition) is 2. The van der Waals surface area contributed by atoms with Crippen molar-refractivity contribution in [1.82, 2.24) is 10.3 Å². The molecule has 2 N–H and O–H groups in total. The summed E-state index contributed by atoms with van der Waals surface area (Å²) in [6.45, 7) is 3.79. The van der Waals surface area contributed by atoms with Gasteiger partial charge in [-0.15, -0.1) is 0 Å².